The van der Waals surface area contributed by atoms with Crippen LogP contribution in [-0.2, 0) is 0 Å². The van der Waals surface area contributed by atoms with Crippen molar-refractivity contribution in [1.82, 2.24) is 4.90 Å². The number of rotatable bonds is 3. The molecule has 0 radical (unpaired) electrons. The predicted molar refractivity (Wildman–Crippen MR) is 49.9 cm³/mol. The quantitative estimate of drug-likeness (QED) is 0.437. The highest BCUT2D eigenvalue weighted by Gasteiger charge is 1.91. The molecule has 0 fully saturated rings. The lowest BCUT2D eigenvalue weighted by Gasteiger charge is -2.11. The van der Waals surface area contributed by atoms with Gasteiger partial charge in [-0.15, -0.1) is 0 Å². The normalized spacial score (nSPS) is 10.7. The SMILES string of the molecule is C=CN(C)C(C)=CC=[N+](C)C. The zero-order valence-corrected chi connectivity index (χ0v) is 7.83. The second kappa shape index (κ2) is 4.72. The third-order valence-electron chi connectivity index (χ3n) is 1.44. The van der Waals surface area contributed by atoms with E-state index in [9.17, 15) is 0 Å². The van der Waals surface area contributed by atoms with E-state index in [1.807, 2.05) is 49.8 Å². The van der Waals surface area contributed by atoms with Gasteiger partial charge >= 0.3 is 0 Å². The fourth-order valence-electron chi connectivity index (χ4n) is 0.519. The topological polar surface area (TPSA) is 6.25 Å². The van der Waals surface area contributed by atoms with Gasteiger partial charge in [0, 0.05) is 18.8 Å². The lowest BCUT2D eigenvalue weighted by Crippen LogP contribution is -2.07. The first-order valence-electron chi connectivity index (χ1n) is 3.61. The van der Waals surface area contributed by atoms with Crippen molar-refractivity contribution in [3.8, 4) is 0 Å². The molecule has 0 heterocycles. The van der Waals surface area contributed by atoms with Crippen LogP contribution < -0.4 is 0 Å². The first-order valence-corrected chi connectivity index (χ1v) is 3.61. The molecule has 2 nitrogen and oxygen atoms in total. The smallest absolute Gasteiger partial charge is 0.164 e. The zero-order valence-electron chi connectivity index (χ0n) is 7.83. The van der Waals surface area contributed by atoms with Gasteiger partial charge in [-0.1, -0.05) is 6.58 Å². The molecular formula is C9H17N2+. The predicted octanol–water partition coefficient (Wildman–Crippen LogP) is 1.31. The maximum absolute atomic E-state index is 3.67. The van der Waals surface area contributed by atoms with Crippen LogP contribution in [-0.4, -0.2) is 36.8 Å². The molecule has 0 saturated heterocycles. The average molecular weight is 153 g/mol. The van der Waals surface area contributed by atoms with Crippen molar-refractivity contribution in [1.29, 1.82) is 0 Å². The Morgan fingerprint density at radius 3 is 2.36 bits per heavy atom. The Labute approximate surface area is 69.1 Å². The Morgan fingerprint density at radius 1 is 1.45 bits per heavy atom. The molecule has 0 aliphatic rings. The fourth-order valence-corrected chi connectivity index (χ4v) is 0.519. The molecule has 0 N–H and O–H groups in total. The summed E-state index contributed by atoms with van der Waals surface area (Å²) in [4.78, 5) is 1.97. The standard InChI is InChI=1S/C9H17N2/c1-6-11(5)9(2)7-8-10(3)4/h6-8H,1H2,2-5H3/q+1. The summed E-state index contributed by atoms with van der Waals surface area (Å²) in [5.74, 6) is 0. The molecule has 0 aromatic heterocycles. The molecule has 0 aromatic rings. The van der Waals surface area contributed by atoms with Crippen LogP contribution in [0.25, 0.3) is 0 Å². The Hall–Kier alpha value is -1.05. The van der Waals surface area contributed by atoms with E-state index in [2.05, 4.69) is 6.58 Å². The number of hydrogen-bond acceptors (Lipinski definition) is 1. The molecule has 0 unspecified atom stereocenters. The van der Waals surface area contributed by atoms with E-state index in [-0.39, 0.29) is 0 Å². The van der Waals surface area contributed by atoms with Gasteiger partial charge < -0.3 is 4.90 Å². The van der Waals surface area contributed by atoms with E-state index in [1.54, 1.807) is 6.20 Å². The van der Waals surface area contributed by atoms with Gasteiger partial charge in [-0.05, 0) is 13.1 Å². The van der Waals surface area contributed by atoms with Crippen molar-refractivity contribution in [2.24, 2.45) is 0 Å². The molecule has 0 saturated carbocycles. The van der Waals surface area contributed by atoms with Gasteiger partial charge in [0.15, 0.2) is 6.21 Å². The van der Waals surface area contributed by atoms with Crippen LogP contribution in [0.5, 0.6) is 0 Å². The molecule has 0 aliphatic carbocycles. The highest BCUT2D eigenvalue weighted by Crippen LogP contribution is 1.96. The lowest BCUT2D eigenvalue weighted by molar-refractivity contribution is -0.458. The summed E-state index contributed by atoms with van der Waals surface area (Å²) in [5.41, 5.74) is 1.17. The van der Waals surface area contributed by atoms with Crippen LogP contribution >= 0.6 is 0 Å². The van der Waals surface area contributed by atoms with Crippen LogP contribution in [0.3, 0.4) is 0 Å². The van der Waals surface area contributed by atoms with Crippen LogP contribution in [0, 0.1) is 0 Å². The fraction of sp³-hybridized carbons (Fsp3) is 0.444. The minimum Gasteiger partial charge on any atom is -0.355 e. The van der Waals surface area contributed by atoms with Crippen LogP contribution in [0.4, 0.5) is 0 Å². The van der Waals surface area contributed by atoms with Crippen molar-refractivity contribution in [3.63, 3.8) is 0 Å². The molecule has 0 bridgehead atoms. The Balaban J connectivity index is 4.22. The number of hydrogen-bond donors (Lipinski definition) is 0. The van der Waals surface area contributed by atoms with Gasteiger partial charge in [0.05, 0.1) is 0 Å². The third-order valence-corrected chi connectivity index (χ3v) is 1.44. The van der Waals surface area contributed by atoms with E-state index in [1.165, 1.54) is 5.70 Å². The number of nitrogens with zero attached hydrogens (tertiary/aromatic N) is 2. The van der Waals surface area contributed by atoms with Gasteiger partial charge in [-0.2, -0.15) is 0 Å². The second-order valence-electron chi connectivity index (χ2n) is 2.71. The monoisotopic (exact) mass is 153 g/mol. The highest BCUT2D eigenvalue weighted by molar-refractivity contribution is 5.67. The second-order valence-corrected chi connectivity index (χ2v) is 2.71. The van der Waals surface area contributed by atoms with E-state index >= 15 is 0 Å². The first kappa shape index (κ1) is 9.95. The summed E-state index contributed by atoms with van der Waals surface area (Å²) in [6.07, 6.45) is 5.84. The molecule has 0 aliphatic heterocycles. The minimum atomic E-state index is 1.17. The summed E-state index contributed by atoms with van der Waals surface area (Å²) in [7, 11) is 5.97. The van der Waals surface area contributed by atoms with E-state index < -0.39 is 0 Å². The summed E-state index contributed by atoms with van der Waals surface area (Å²) in [6.45, 7) is 5.71. The molecule has 0 rings (SSSR count). The highest BCUT2D eigenvalue weighted by atomic mass is 15.1. The minimum absolute atomic E-state index is 1.17. The Morgan fingerprint density at radius 2 is 2.00 bits per heavy atom. The Kier molecular flexibility index (Phi) is 4.27. The summed E-state index contributed by atoms with van der Waals surface area (Å²) in [6, 6.07) is 0. The van der Waals surface area contributed by atoms with E-state index in [0.29, 0.717) is 0 Å². The van der Waals surface area contributed by atoms with Crippen molar-refractivity contribution in [2.75, 3.05) is 21.1 Å². The van der Waals surface area contributed by atoms with Crippen LogP contribution in [0.15, 0.2) is 24.6 Å². The van der Waals surface area contributed by atoms with Crippen molar-refractivity contribution < 1.29 is 4.58 Å². The summed E-state index contributed by atoms with van der Waals surface area (Å²) >= 11 is 0. The molecule has 2 heteroatoms. The zero-order chi connectivity index (χ0) is 8.85. The van der Waals surface area contributed by atoms with Crippen LogP contribution in [0.2, 0.25) is 0 Å². The number of allylic oxidation sites excluding steroid dienone is 2. The van der Waals surface area contributed by atoms with Crippen molar-refractivity contribution in [3.05, 3.63) is 24.6 Å². The van der Waals surface area contributed by atoms with Crippen molar-refractivity contribution >= 4 is 6.21 Å². The van der Waals surface area contributed by atoms with Crippen LogP contribution in [0.1, 0.15) is 6.92 Å². The largest absolute Gasteiger partial charge is 0.355 e. The molecule has 62 valence electrons. The molecule has 0 atom stereocenters. The van der Waals surface area contributed by atoms with Crippen molar-refractivity contribution in [2.45, 2.75) is 6.92 Å². The van der Waals surface area contributed by atoms with E-state index in [0.717, 1.165) is 0 Å². The molecule has 0 aromatic carbocycles. The van der Waals surface area contributed by atoms with E-state index in [4.69, 9.17) is 0 Å². The van der Waals surface area contributed by atoms with Gasteiger partial charge in [-0.3, -0.25) is 0 Å². The van der Waals surface area contributed by atoms with Gasteiger partial charge in [0.1, 0.15) is 14.1 Å². The maximum Gasteiger partial charge on any atom is 0.164 e. The molecular weight excluding hydrogens is 136 g/mol. The average Bonchev–Trinajstić information content (AvgIpc) is 1.98. The molecule has 11 heavy (non-hydrogen) atoms. The lowest BCUT2D eigenvalue weighted by atomic mass is 10.4. The first-order chi connectivity index (χ1) is 5.07. The Bertz CT molecular complexity index is 186. The van der Waals surface area contributed by atoms with Gasteiger partial charge in [-0.25, -0.2) is 4.58 Å². The maximum atomic E-state index is 3.67. The van der Waals surface area contributed by atoms with Gasteiger partial charge in [0.25, 0.3) is 0 Å². The third kappa shape index (κ3) is 4.37. The molecule has 0 spiro atoms. The molecule has 0 amide bonds. The van der Waals surface area contributed by atoms with Gasteiger partial charge in [0.2, 0.25) is 0 Å². The summed E-state index contributed by atoms with van der Waals surface area (Å²) in [5, 5.41) is 0. The summed E-state index contributed by atoms with van der Waals surface area (Å²) < 4.78 is 2.00.